The second kappa shape index (κ2) is 9.25. The van der Waals surface area contributed by atoms with E-state index in [1.165, 1.54) is 6.33 Å². The number of H-pyrrole nitrogens is 1. The molecule has 1 heterocycles. The van der Waals surface area contributed by atoms with Crippen molar-refractivity contribution in [2.45, 2.75) is 43.2 Å². The zero-order valence-electron chi connectivity index (χ0n) is 19.0. The highest BCUT2D eigenvalue weighted by Gasteiger charge is 2.46. The second-order valence-electron chi connectivity index (χ2n) is 9.14. The van der Waals surface area contributed by atoms with Gasteiger partial charge in [-0.3, -0.25) is 9.59 Å². The molecule has 4 N–H and O–H groups in total. The van der Waals surface area contributed by atoms with Gasteiger partial charge in [-0.1, -0.05) is 48.5 Å². The van der Waals surface area contributed by atoms with Gasteiger partial charge in [-0.2, -0.15) is 0 Å². The van der Waals surface area contributed by atoms with Crippen molar-refractivity contribution < 1.29 is 24.2 Å². The standard InChI is InChI=1S/C26H26N4O5/c31-23(32)12-26(9-10-26)30-24(33)22(11-16-13-27-15-28-16)29-25(34)35-14-21-19-7-3-1-5-17(19)18-6-2-4-8-20(18)21/h1-8,13,15,21-22H,9-12,14H2,(H,27,28)(H,29,34)(H,30,33)(H,31,32)/t22-/m0/s1. The van der Waals surface area contributed by atoms with Gasteiger partial charge in [0.25, 0.3) is 0 Å². The second-order valence-corrected chi connectivity index (χ2v) is 9.14. The zero-order chi connectivity index (χ0) is 24.4. The number of hydrogen-bond donors (Lipinski definition) is 4. The third kappa shape index (κ3) is 4.89. The normalized spacial score (nSPS) is 16.0. The summed E-state index contributed by atoms with van der Waals surface area (Å²) in [4.78, 5) is 43.9. The molecule has 0 saturated heterocycles. The van der Waals surface area contributed by atoms with Crippen molar-refractivity contribution in [1.82, 2.24) is 20.6 Å². The predicted molar refractivity (Wildman–Crippen MR) is 127 cm³/mol. The Hall–Kier alpha value is -4.14. The van der Waals surface area contributed by atoms with Crippen LogP contribution in [0.5, 0.6) is 0 Å². The summed E-state index contributed by atoms with van der Waals surface area (Å²) in [6.07, 6.45) is 3.54. The third-order valence-electron chi connectivity index (χ3n) is 6.66. The molecule has 1 saturated carbocycles. The van der Waals surface area contributed by atoms with Gasteiger partial charge in [0.05, 0.1) is 18.3 Å². The van der Waals surface area contributed by atoms with Gasteiger partial charge in [0.2, 0.25) is 5.91 Å². The van der Waals surface area contributed by atoms with Crippen LogP contribution in [-0.4, -0.2) is 51.2 Å². The zero-order valence-corrected chi connectivity index (χ0v) is 19.0. The number of amides is 2. The molecule has 5 rings (SSSR count). The maximum absolute atomic E-state index is 13.0. The number of benzene rings is 2. The smallest absolute Gasteiger partial charge is 0.407 e. The first-order chi connectivity index (χ1) is 16.9. The minimum atomic E-state index is -0.975. The molecular weight excluding hydrogens is 448 g/mol. The van der Waals surface area contributed by atoms with Crippen LogP contribution in [0.4, 0.5) is 4.79 Å². The fraction of sp³-hybridized carbons (Fsp3) is 0.308. The van der Waals surface area contributed by atoms with Gasteiger partial charge in [0.1, 0.15) is 12.6 Å². The average molecular weight is 475 g/mol. The maximum Gasteiger partial charge on any atom is 0.407 e. The first-order valence-corrected chi connectivity index (χ1v) is 11.6. The number of nitrogens with one attached hydrogen (secondary N) is 3. The summed E-state index contributed by atoms with van der Waals surface area (Å²) in [5.41, 5.74) is 4.35. The van der Waals surface area contributed by atoms with Crippen molar-refractivity contribution >= 4 is 18.0 Å². The Morgan fingerprint density at radius 1 is 1.09 bits per heavy atom. The van der Waals surface area contributed by atoms with Crippen molar-refractivity contribution in [2.24, 2.45) is 0 Å². The number of hydrogen-bond acceptors (Lipinski definition) is 5. The number of carbonyl (C=O) groups is 3. The summed E-state index contributed by atoms with van der Waals surface area (Å²) < 4.78 is 5.60. The van der Waals surface area contributed by atoms with Crippen LogP contribution in [0.15, 0.2) is 61.1 Å². The third-order valence-corrected chi connectivity index (χ3v) is 6.66. The first kappa shape index (κ1) is 22.6. The Kier molecular flexibility index (Phi) is 5.98. The van der Waals surface area contributed by atoms with E-state index in [0.29, 0.717) is 18.5 Å². The van der Waals surface area contributed by atoms with Gasteiger partial charge in [-0.05, 0) is 35.1 Å². The molecule has 9 heteroatoms. The van der Waals surface area contributed by atoms with Crippen LogP contribution in [-0.2, 0) is 20.7 Å². The van der Waals surface area contributed by atoms with Gasteiger partial charge in [-0.25, -0.2) is 9.78 Å². The van der Waals surface area contributed by atoms with E-state index in [2.05, 4.69) is 32.7 Å². The highest BCUT2D eigenvalue weighted by molar-refractivity contribution is 5.87. The minimum Gasteiger partial charge on any atom is -0.481 e. The van der Waals surface area contributed by atoms with E-state index in [0.717, 1.165) is 22.3 Å². The van der Waals surface area contributed by atoms with E-state index in [-0.39, 0.29) is 25.4 Å². The first-order valence-electron chi connectivity index (χ1n) is 11.6. The van der Waals surface area contributed by atoms with Crippen molar-refractivity contribution in [2.75, 3.05) is 6.61 Å². The summed E-state index contributed by atoms with van der Waals surface area (Å²) in [5, 5.41) is 14.6. The van der Waals surface area contributed by atoms with E-state index in [1.807, 2.05) is 36.4 Å². The summed E-state index contributed by atoms with van der Waals surface area (Å²) in [5.74, 6) is -1.53. The molecule has 9 nitrogen and oxygen atoms in total. The van der Waals surface area contributed by atoms with Gasteiger partial charge >= 0.3 is 12.1 Å². The molecule has 2 aliphatic rings. The summed E-state index contributed by atoms with van der Waals surface area (Å²) in [6, 6.07) is 15.1. The molecule has 180 valence electrons. The molecule has 0 bridgehead atoms. The molecule has 35 heavy (non-hydrogen) atoms. The number of fused-ring (bicyclic) bond motifs is 3. The lowest BCUT2D eigenvalue weighted by Crippen LogP contribution is -2.52. The highest BCUT2D eigenvalue weighted by atomic mass is 16.5. The Bertz CT molecular complexity index is 1210. The molecule has 1 atom stereocenters. The van der Waals surface area contributed by atoms with Crippen LogP contribution in [0.25, 0.3) is 11.1 Å². The lowest BCUT2D eigenvalue weighted by atomic mass is 9.98. The van der Waals surface area contributed by atoms with E-state index in [4.69, 9.17) is 9.84 Å². The Morgan fingerprint density at radius 3 is 2.31 bits per heavy atom. The lowest BCUT2D eigenvalue weighted by Gasteiger charge is -2.22. The van der Waals surface area contributed by atoms with Gasteiger partial charge in [0, 0.05) is 24.2 Å². The topological polar surface area (TPSA) is 133 Å². The Morgan fingerprint density at radius 2 is 1.74 bits per heavy atom. The van der Waals surface area contributed by atoms with Crippen LogP contribution in [0.2, 0.25) is 0 Å². The van der Waals surface area contributed by atoms with Gasteiger partial charge < -0.3 is 25.5 Å². The van der Waals surface area contributed by atoms with Crippen LogP contribution in [0, 0.1) is 0 Å². The number of rotatable bonds is 9. The molecule has 2 amide bonds. The molecule has 0 radical (unpaired) electrons. The van der Waals surface area contributed by atoms with E-state index >= 15 is 0 Å². The molecule has 0 unspecified atom stereocenters. The van der Waals surface area contributed by atoms with Gasteiger partial charge in [-0.15, -0.1) is 0 Å². The number of imidazole rings is 1. The number of alkyl carbamates (subject to hydrolysis) is 1. The van der Waals surface area contributed by atoms with E-state index in [9.17, 15) is 14.4 Å². The molecule has 3 aromatic rings. The average Bonchev–Trinajstić information content (AvgIpc) is 3.25. The van der Waals surface area contributed by atoms with Crippen molar-refractivity contribution in [1.29, 1.82) is 0 Å². The number of carboxylic acids is 1. The summed E-state index contributed by atoms with van der Waals surface area (Å²) in [6.45, 7) is 0.126. The number of nitrogens with zero attached hydrogens (tertiary/aromatic N) is 1. The monoisotopic (exact) mass is 474 g/mol. The highest BCUT2D eigenvalue weighted by Crippen LogP contribution is 2.44. The minimum absolute atomic E-state index is 0.0988. The van der Waals surface area contributed by atoms with E-state index in [1.54, 1.807) is 6.20 Å². The largest absolute Gasteiger partial charge is 0.481 e. The molecular formula is C26H26N4O5. The van der Waals surface area contributed by atoms with E-state index < -0.39 is 29.6 Å². The van der Waals surface area contributed by atoms with Crippen molar-refractivity contribution in [3.63, 3.8) is 0 Å². The number of aliphatic carboxylic acids is 1. The fourth-order valence-electron chi connectivity index (χ4n) is 4.74. The fourth-order valence-corrected chi connectivity index (χ4v) is 4.74. The van der Waals surface area contributed by atoms with Crippen LogP contribution >= 0.6 is 0 Å². The SMILES string of the molecule is O=C(O)CC1(NC(=O)[C@H](Cc2cnc[nH]2)NC(=O)OCC2c3ccccc3-c3ccccc32)CC1. The molecule has 2 aromatic carbocycles. The van der Waals surface area contributed by atoms with Crippen LogP contribution < -0.4 is 10.6 Å². The summed E-state index contributed by atoms with van der Waals surface area (Å²) >= 11 is 0. The molecule has 1 aromatic heterocycles. The predicted octanol–water partition coefficient (Wildman–Crippen LogP) is 2.98. The van der Waals surface area contributed by atoms with Crippen molar-refractivity contribution in [3.05, 3.63) is 77.9 Å². The maximum atomic E-state index is 13.0. The molecule has 0 spiro atoms. The molecule has 1 fully saturated rings. The molecule has 0 aliphatic heterocycles. The number of aromatic amines is 1. The summed E-state index contributed by atoms with van der Waals surface area (Å²) in [7, 11) is 0. The quantitative estimate of drug-likeness (QED) is 0.377. The molecule has 2 aliphatic carbocycles. The number of carboxylic acid groups (broad SMARTS) is 1. The van der Waals surface area contributed by atoms with Crippen LogP contribution in [0.1, 0.15) is 42.0 Å². The number of aromatic nitrogens is 2. The van der Waals surface area contributed by atoms with Crippen LogP contribution in [0.3, 0.4) is 0 Å². The van der Waals surface area contributed by atoms with Crippen molar-refractivity contribution in [3.8, 4) is 11.1 Å². The number of ether oxygens (including phenoxy) is 1. The van der Waals surface area contributed by atoms with Gasteiger partial charge in [0.15, 0.2) is 0 Å². The Labute approximate surface area is 201 Å². The number of carbonyl (C=O) groups excluding carboxylic acids is 2. The Balaban J connectivity index is 1.26. The lowest BCUT2D eigenvalue weighted by molar-refractivity contribution is -0.138.